The number of nitrogens with zero attached hydrogens (tertiary/aromatic N) is 3. The van der Waals surface area contributed by atoms with Crippen LogP contribution in [0.15, 0.2) is 55.1 Å². The summed E-state index contributed by atoms with van der Waals surface area (Å²) in [6.07, 6.45) is 2.67. The van der Waals surface area contributed by atoms with Gasteiger partial charge in [0.25, 0.3) is 0 Å². The summed E-state index contributed by atoms with van der Waals surface area (Å²) in [5.41, 5.74) is -1.88. The van der Waals surface area contributed by atoms with Crippen LogP contribution < -0.4 is 9.47 Å². The number of aromatic nitrogens is 3. The van der Waals surface area contributed by atoms with Gasteiger partial charge in [0.15, 0.2) is 0 Å². The minimum atomic E-state index is -2.04. The van der Waals surface area contributed by atoms with Gasteiger partial charge in [0.05, 0.1) is 25.8 Å². The van der Waals surface area contributed by atoms with E-state index in [9.17, 15) is 9.90 Å². The molecule has 9 heteroatoms. The van der Waals surface area contributed by atoms with E-state index in [4.69, 9.17) is 25.8 Å². The molecule has 0 saturated heterocycles. The van der Waals surface area contributed by atoms with E-state index in [0.717, 1.165) is 0 Å². The third kappa shape index (κ3) is 4.08. The zero-order chi connectivity index (χ0) is 20.1. The summed E-state index contributed by atoms with van der Waals surface area (Å²) >= 11 is 6.36. The summed E-state index contributed by atoms with van der Waals surface area (Å²) in [7, 11) is 2.76. The largest absolute Gasteiger partial charge is 0.497 e. The Morgan fingerprint density at radius 1 is 1.14 bits per heavy atom. The molecule has 3 rings (SSSR count). The van der Waals surface area contributed by atoms with Gasteiger partial charge < -0.3 is 19.3 Å². The van der Waals surface area contributed by atoms with Crippen LogP contribution in [0.5, 0.6) is 17.2 Å². The Balaban J connectivity index is 1.88. The van der Waals surface area contributed by atoms with Crippen molar-refractivity contribution in [1.29, 1.82) is 0 Å². The van der Waals surface area contributed by atoms with E-state index in [1.165, 1.54) is 36.6 Å². The zero-order valence-corrected chi connectivity index (χ0v) is 16.0. The fourth-order valence-electron chi connectivity index (χ4n) is 2.65. The van der Waals surface area contributed by atoms with Crippen LogP contribution in [0.1, 0.15) is 5.56 Å². The number of halogens is 1. The highest BCUT2D eigenvalue weighted by atomic mass is 35.5. The second-order valence-electron chi connectivity index (χ2n) is 5.86. The summed E-state index contributed by atoms with van der Waals surface area (Å²) in [4.78, 5) is 16.1. The van der Waals surface area contributed by atoms with Crippen LogP contribution in [0, 0.1) is 0 Å². The first-order valence-corrected chi connectivity index (χ1v) is 8.59. The first kappa shape index (κ1) is 19.7. The van der Waals surface area contributed by atoms with Gasteiger partial charge in [-0.15, -0.1) is 0 Å². The lowest BCUT2D eigenvalue weighted by Crippen LogP contribution is -2.41. The molecule has 1 N–H and O–H groups in total. The van der Waals surface area contributed by atoms with E-state index in [2.05, 4.69) is 10.1 Å². The summed E-state index contributed by atoms with van der Waals surface area (Å²) in [5.74, 6) is 0.855. The molecule has 0 amide bonds. The van der Waals surface area contributed by atoms with Crippen LogP contribution in [-0.2, 0) is 21.7 Å². The second-order valence-corrected chi connectivity index (χ2v) is 6.27. The van der Waals surface area contributed by atoms with Gasteiger partial charge in [-0.25, -0.2) is 14.5 Å². The summed E-state index contributed by atoms with van der Waals surface area (Å²) < 4.78 is 16.9. The maximum atomic E-state index is 12.3. The first-order valence-electron chi connectivity index (χ1n) is 8.21. The molecule has 28 heavy (non-hydrogen) atoms. The van der Waals surface area contributed by atoms with Gasteiger partial charge in [-0.05, 0) is 36.4 Å². The normalized spacial score (nSPS) is 12.9. The lowest BCUT2D eigenvalue weighted by Gasteiger charge is -2.26. The van der Waals surface area contributed by atoms with Crippen molar-refractivity contribution in [2.75, 3.05) is 14.2 Å². The number of hydrogen-bond donors (Lipinski definition) is 1. The first-order chi connectivity index (χ1) is 13.5. The van der Waals surface area contributed by atoms with E-state index in [-0.39, 0.29) is 17.1 Å². The maximum absolute atomic E-state index is 12.3. The van der Waals surface area contributed by atoms with Crippen molar-refractivity contribution < 1.29 is 24.1 Å². The minimum Gasteiger partial charge on any atom is -0.497 e. The van der Waals surface area contributed by atoms with Gasteiger partial charge >= 0.3 is 5.97 Å². The Labute approximate surface area is 166 Å². The molecule has 1 unspecified atom stereocenters. The number of aliphatic hydroxyl groups is 1. The van der Waals surface area contributed by atoms with Gasteiger partial charge in [-0.3, -0.25) is 0 Å². The zero-order valence-electron chi connectivity index (χ0n) is 15.2. The van der Waals surface area contributed by atoms with E-state index < -0.39 is 11.6 Å². The second kappa shape index (κ2) is 8.28. The predicted octanol–water partition coefficient (Wildman–Crippen LogP) is 2.79. The third-order valence-electron chi connectivity index (χ3n) is 4.06. The molecule has 8 nitrogen and oxygen atoms in total. The SMILES string of the molecule is COC(=O)C(O)(Cn1cncn1)c1ccc(Oc2ccc(OC)cc2)cc1Cl. The highest BCUT2D eigenvalue weighted by Gasteiger charge is 2.42. The van der Waals surface area contributed by atoms with E-state index in [0.29, 0.717) is 17.2 Å². The molecule has 0 aliphatic heterocycles. The number of hydrogen-bond acceptors (Lipinski definition) is 7. The van der Waals surface area contributed by atoms with Crippen molar-refractivity contribution in [3.63, 3.8) is 0 Å². The maximum Gasteiger partial charge on any atom is 0.344 e. The minimum absolute atomic E-state index is 0.138. The topological polar surface area (TPSA) is 95.7 Å². The predicted molar refractivity (Wildman–Crippen MR) is 100 cm³/mol. The monoisotopic (exact) mass is 403 g/mol. The number of methoxy groups -OCH3 is 2. The fraction of sp³-hybridized carbons (Fsp3) is 0.211. The molecular weight excluding hydrogens is 386 g/mol. The Hall–Kier alpha value is -3.10. The average molecular weight is 404 g/mol. The van der Waals surface area contributed by atoms with Crippen molar-refractivity contribution in [2.45, 2.75) is 12.1 Å². The molecular formula is C19H18ClN3O5. The van der Waals surface area contributed by atoms with Gasteiger partial charge in [0.1, 0.15) is 29.9 Å². The van der Waals surface area contributed by atoms with Crippen LogP contribution >= 0.6 is 11.6 Å². The number of carbonyl (C=O) groups excluding carboxylic acids is 1. The molecule has 0 aliphatic rings. The van der Waals surface area contributed by atoms with Crippen LogP contribution in [0.4, 0.5) is 0 Å². The van der Waals surface area contributed by atoms with Crippen molar-refractivity contribution in [3.05, 3.63) is 65.7 Å². The molecule has 0 bridgehead atoms. The van der Waals surface area contributed by atoms with Crippen LogP contribution in [0.3, 0.4) is 0 Å². The summed E-state index contributed by atoms with van der Waals surface area (Å²) in [6, 6.07) is 11.6. The lowest BCUT2D eigenvalue weighted by atomic mass is 9.93. The van der Waals surface area contributed by atoms with Gasteiger partial charge in [0, 0.05) is 5.56 Å². The number of benzene rings is 2. The smallest absolute Gasteiger partial charge is 0.344 e. The molecule has 0 fully saturated rings. The quantitative estimate of drug-likeness (QED) is 0.606. The molecule has 0 aliphatic carbocycles. The molecule has 1 heterocycles. The molecule has 146 valence electrons. The standard InChI is InChI=1S/C19H18ClN3O5/c1-26-13-3-5-14(6-4-13)28-15-7-8-16(17(20)9-15)19(25,18(24)27-2)10-23-12-21-11-22-23/h3-9,11-12,25H,10H2,1-2H3. The fourth-order valence-corrected chi connectivity index (χ4v) is 2.98. The highest BCUT2D eigenvalue weighted by molar-refractivity contribution is 6.31. The van der Waals surface area contributed by atoms with Gasteiger partial charge in [0.2, 0.25) is 5.60 Å². The van der Waals surface area contributed by atoms with E-state index in [1.54, 1.807) is 37.4 Å². The Morgan fingerprint density at radius 2 is 1.82 bits per heavy atom. The molecule has 0 saturated carbocycles. The van der Waals surface area contributed by atoms with Crippen molar-refractivity contribution >= 4 is 17.6 Å². The Bertz CT molecular complexity index is 947. The molecule has 3 aromatic rings. The number of ether oxygens (including phenoxy) is 3. The molecule has 1 aromatic heterocycles. The van der Waals surface area contributed by atoms with Gasteiger partial charge in [-0.1, -0.05) is 17.7 Å². The molecule has 1 atom stereocenters. The van der Waals surface area contributed by atoms with Crippen molar-refractivity contribution in [3.8, 4) is 17.2 Å². The number of esters is 1. The van der Waals surface area contributed by atoms with Crippen molar-refractivity contribution in [1.82, 2.24) is 14.8 Å². The molecule has 2 aromatic carbocycles. The lowest BCUT2D eigenvalue weighted by molar-refractivity contribution is -0.165. The van der Waals surface area contributed by atoms with Crippen molar-refractivity contribution in [2.24, 2.45) is 0 Å². The summed E-state index contributed by atoms with van der Waals surface area (Å²) in [5, 5.41) is 15.1. The van der Waals surface area contributed by atoms with Crippen LogP contribution in [0.25, 0.3) is 0 Å². The van der Waals surface area contributed by atoms with Crippen LogP contribution in [0.2, 0.25) is 5.02 Å². The average Bonchev–Trinajstić information content (AvgIpc) is 3.20. The number of rotatable bonds is 7. The third-order valence-corrected chi connectivity index (χ3v) is 4.37. The molecule has 0 radical (unpaired) electrons. The Kier molecular flexibility index (Phi) is 5.81. The highest BCUT2D eigenvalue weighted by Crippen LogP contribution is 2.35. The number of carbonyl (C=O) groups is 1. The van der Waals surface area contributed by atoms with Gasteiger partial charge in [-0.2, -0.15) is 5.10 Å². The van der Waals surface area contributed by atoms with Crippen LogP contribution in [-0.4, -0.2) is 40.1 Å². The van der Waals surface area contributed by atoms with E-state index >= 15 is 0 Å². The Morgan fingerprint density at radius 3 is 2.39 bits per heavy atom. The molecule has 0 spiro atoms. The van der Waals surface area contributed by atoms with E-state index in [1.807, 2.05) is 0 Å². The summed E-state index contributed by atoms with van der Waals surface area (Å²) in [6.45, 7) is -0.210.